The minimum atomic E-state index is -3.57. The lowest BCUT2D eigenvalue weighted by Gasteiger charge is -2.09. The summed E-state index contributed by atoms with van der Waals surface area (Å²) in [5.74, 6) is 0.453. The van der Waals surface area contributed by atoms with E-state index in [4.69, 9.17) is 5.14 Å². The van der Waals surface area contributed by atoms with E-state index in [9.17, 15) is 8.42 Å². The van der Waals surface area contributed by atoms with Gasteiger partial charge in [-0.3, -0.25) is 0 Å². The maximum Gasteiger partial charge on any atom is 0.277 e. The second kappa shape index (κ2) is 3.84. The summed E-state index contributed by atoms with van der Waals surface area (Å²) in [6.07, 6.45) is 0. The van der Waals surface area contributed by atoms with Crippen LogP contribution in [0.4, 0.5) is 0 Å². The zero-order chi connectivity index (χ0) is 11.9. The van der Waals surface area contributed by atoms with Gasteiger partial charge in [0.25, 0.3) is 10.2 Å². The molecule has 0 spiro atoms. The average molecular weight is 240 g/mol. The van der Waals surface area contributed by atoms with E-state index in [2.05, 4.69) is 26.0 Å². The summed E-state index contributed by atoms with van der Waals surface area (Å²) in [5.41, 5.74) is 3.36. The second-order valence-corrected chi connectivity index (χ2v) is 6.04. The number of hydrogen-bond acceptors (Lipinski definition) is 2. The molecule has 1 aromatic rings. The molecule has 1 heterocycles. The largest absolute Gasteiger partial charge is 0.277 e. The minimum Gasteiger partial charge on any atom is -0.216 e. The third-order valence-electron chi connectivity index (χ3n) is 2.95. The van der Waals surface area contributed by atoms with E-state index in [1.807, 2.05) is 6.07 Å². The van der Waals surface area contributed by atoms with Crippen LogP contribution in [0.3, 0.4) is 0 Å². The Kier molecular flexibility index (Phi) is 2.77. The predicted molar refractivity (Wildman–Crippen MR) is 62.9 cm³/mol. The Morgan fingerprint density at radius 2 is 1.88 bits per heavy atom. The van der Waals surface area contributed by atoms with Crippen LogP contribution in [0.15, 0.2) is 18.2 Å². The molecule has 0 saturated heterocycles. The fourth-order valence-corrected chi connectivity index (χ4v) is 2.56. The molecular weight excluding hydrogens is 224 g/mol. The van der Waals surface area contributed by atoms with Crippen LogP contribution >= 0.6 is 0 Å². The Morgan fingerprint density at radius 1 is 1.25 bits per heavy atom. The zero-order valence-corrected chi connectivity index (χ0v) is 10.3. The maximum atomic E-state index is 11.2. The van der Waals surface area contributed by atoms with Gasteiger partial charge < -0.3 is 0 Å². The number of nitrogens with two attached hydrogens (primary N) is 1. The smallest absolute Gasteiger partial charge is 0.216 e. The molecule has 0 saturated carbocycles. The first-order valence-electron chi connectivity index (χ1n) is 5.27. The topological polar surface area (TPSA) is 63.4 Å². The fourth-order valence-electron chi connectivity index (χ4n) is 1.92. The molecule has 0 aromatic heterocycles. The van der Waals surface area contributed by atoms with Crippen molar-refractivity contribution in [3.63, 3.8) is 0 Å². The number of benzene rings is 1. The second-order valence-electron chi connectivity index (χ2n) is 4.50. The number of rotatable bonds is 2. The molecule has 1 aliphatic rings. The first kappa shape index (κ1) is 11.6. The van der Waals surface area contributed by atoms with Crippen LogP contribution in [0.25, 0.3) is 0 Å². The summed E-state index contributed by atoms with van der Waals surface area (Å²) in [7, 11) is -3.57. The summed E-state index contributed by atoms with van der Waals surface area (Å²) in [5, 5.41) is 5.12. The van der Waals surface area contributed by atoms with Gasteiger partial charge in [0.2, 0.25) is 0 Å². The van der Waals surface area contributed by atoms with Gasteiger partial charge in [-0.15, -0.1) is 0 Å². The molecule has 16 heavy (non-hydrogen) atoms. The quantitative estimate of drug-likeness (QED) is 0.847. The Bertz CT molecular complexity index is 509. The highest BCUT2D eigenvalue weighted by molar-refractivity contribution is 7.86. The zero-order valence-electron chi connectivity index (χ0n) is 9.47. The Morgan fingerprint density at radius 3 is 2.44 bits per heavy atom. The van der Waals surface area contributed by atoms with Gasteiger partial charge in [-0.1, -0.05) is 32.0 Å². The van der Waals surface area contributed by atoms with Crippen LogP contribution < -0.4 is 5.14 Å². The molecule has 2 rings (SSSR count). The van der Waals surface area contributed by atoms with Crippen LogP contribution in [-0.2, 0) is 23.3 Å². The molecule has 0 bridgehead atoms. The van der Waals surface area contributed by atoms with Gasteiger partial charge in [0.1, 0.15) is 0 Å². The van der Waals surface area contributed by atoms with Crippen molar-refractivity contribution in [3.05, 3.63) is 34.9 Å². The van der Waals surface area contributed by atoms with Crippen molar-refractivity contribution in [2.75, 3.05) is 0 Å². The van der Waals surface area contributed by atoms with Gasteiger partial charge in [-0.2, -0.15) is 12.7 Å². The predicted octanol–water partition coefficient (Wildman–Crippen LogP) is 1.33. The van der Waals surface area contributed by atoms with Crippen LogP contribution in [0.2, 0.25) is 0 Å². The lowest BCUT2D eigenvalue weighted by atomic mass is 9.99. The van der Waals surface area contributed by atoms with Crippen molar-refractivity contribution in [1.82, 2.24) is 4.31 Å². The number of fused-ring (bicyclic) bond motifs is 1. The third-order valence-corrected chi connectivity index (χ3v) is 3.93. The van der Waals surface area contributed by atoms with Crippen LogP contribution in [0.5, 0.6) is 0 Å². The molecule has 0 radical (unpaired) electrons. The van der Waals surface area contributed by atoms with Crippen molar-refractivity contribution in [2.45, 2.75) is 32.9 Å². The molecule has 0 amide bonds. The van der Waals surface area contributed by atoms with Crippen molar-refractivity contribution in [3.8, 4) is 0 Å². The lowest BCUT2D eigenvalue weighted by Crippen LogP contribution is -2.32. The number of nitrogens with zero attached hydrogens (tertiary/aromatic N) is 1. The normalized spacial score (nSPS) is 16.8. The van der Waals surface area contributed by atoms with Gasteiger partial charge >= 0.3 is 0 Å². The Labute approximate surface area is 96.2 Å². The average Bonchev–Trinajstić information content (AvgIpc) is 2.58. The minimum absolute atomic E-state index is 0.395. The van der Waals surface area contributed by atoms with E-state index in [0.29, 0.717) is 19.0 Å². The molecule has 2 N–H and O–H groups in total. The van der Waals surface area contributed by atoms with Crippen LogP contribution in [0.1, 0.15) is 36.5 Å². The molecule has 1 aromatic carbocycles. The first-order chi connectivity index (χ1) is 7.38. The molecule has 0 aliphatic carbocycles. The van der Waals surface area contributed by atoms with E-state index in [1.165, 1.54) is 9.87 Å². The Hall–Kier alpha value is -0.910. The van der Waals surface area contributed by atoms with Gasteiger partial charge in [0.05, 0.1) is 0 Å². The summed E-state index contributed by atoms with van der Waals surface area (Å²) in [4.78, 5) is 0. The van der Waals surface area contributed by atoms with E-state index in [-0.39, 0.29) is 0 Å². The number of hydrogen-bond donors (Lipinski definition) is 1. The van der Waals surface area contributed by atoms with Crippen molar-refractivity contribution in [2.24, 2.45) is 5.14 Å². The fraction of sp³-hybridized carbons (Fsp3) is 0.455. The highest BCUT2D eigenvalue weighted by Gasteiger charge is 2.26. The van der Waals surface area contributed by atoms with Gasteiger partial charge in [-0.25, -0.2) is 5.14 Å². The van der Waals surface area contributed by atoms with Crippen molar-refractivity contribution in [1.29, 1.82) is 0 Å². The molecule has 0 unspecified atom stereocenters. The summed E-state index contributed by atoms with van der Waals surface area (Å²) >= 11 is 0. The molecular formula is C11H16N2O2S. The van der Waals surface area contributed by atoms with E-state index < -0.39 is 10.2 Å². The molecule has 0 atom stereocenters. The van der Waals surface area contributed by atoms with Crippen molar-refractivity contribution < 1.29 is 8.42 Å². The van der Waals surface area contributed by atoms with Crippen molar-refractivity contribution >= 4 is 10.2 Å². The van der Waals surface area contributed by atoms with Gasteiger partial charge in [0.15, 0.2) is 0 Å². The standard InChI is InChI=1S/C11H16N2O2S/c1-8(2)9-3-4-10-6-13(16(12,14)15)7-11(10)5-9/h3-5,8H,6-7H2,1-2H3,(H2,12,14,15). The molecule has 1 aliphatic heterocycles. The molecule has 4 nitrogen and oxygen atoms in total. The monoisotopic (exact) mass is 240 g/mol. The van der Waals surface area contributed by atoms with Crippen LogP contribution in [-0.4, -0.2) is 12.7 Å². The molecule has 5 heteroatoms. The lowest BCUT2D eigenvalue weighted by molar-refractivity contribution is 0.432. The summed E-state index contributed by atoms with van der Waals surface area (Å²) in [6.45, 7) is 5.03. The van der Waals surface area contributed by atoms with E-state index >= 15 is 0 Å². The maximum absolute atomic E-state index is 11.2. The highest BCUT2D eigenvalue weighted by Crippen LogP contribution is 2.27. The van der Waals surface area contributed by atoms with E-state index in [1.54, 1.807) is 0 Å². The summed E-state index contributed by atoms with van der Waals surface area (Å²) in [6, 6.07) is 6.12. The van der Waals surface area contributed by atoms with Gasteiger partial charge in [-0.05, 0) is 22.6 Å². The van der Waals surface area contributed by atoms with Crippen LogP contribution in [0, 0.1) is 0 Å². The first-order valence-corrected chi connectivity index (χ1v) is 6.78. The highest BCUT2D eigenvalue weighted by atomic mass is 32.2. The Balaban J connectivity index is 2.32. The van der Waals surface area contributed by atoms with E-state index in [0.717, 1.165) is 11.1 Å². The third kappa shape index (κ3) is 2.11. The SMILES string of the molecule is CC(C)c1ccc2c(c1)CN(S(N)(=O)=O)C2. The molecule has 0 fully saturated rings. The van der Waals surface area contributed by atoms with Gasteiger partial charge in [0, 0.05) is 13.1 Å². The summed E-state index contributed by atoms with van der Waals surface area (Å²) < 4.78 is 23.7. The molecule has 88 valence electrons.